The largest absolute Gasteiger partial charge is 0.298 e. The fourth-order valence-electron chi connectivity index (χ4n) is 0.968. The molecule has 1 aromatic rings. The van der Waals surface area contributed by atoms with E-state index in [1.54, 1.807) is 11.8 Å². The van der Waals surface area contributed by atoms with E-state index < -0.39 is 0 Å². The number of hydrogen-bond donors (Lipinski definition) is 0. The van der Waals surface area contributed by atoms with Crippen molar-refractivity contribution in [2.45, 2.75) is 30.4 Å². The van der Waals surface area contributed by atoms with Crippen LogP contribution in [0.25, 0.3) is 0 Å². The summed E-state index contributed by atoms with van der Waals surface area (Å²) in [7, 11) is 0. The Morgan fingerprint density at radius 3 is 2.08 bits per heavy atom. The van der Waals surface area contributed by atoms with Gasteiger partial charge in [0.25, 0.3) is 0 Å². The van der Waals surface area contributed by atoms with Gasteiger partial charge in [-0.15, -0.1) is 11.8 Å². The van der Waals surface area contributed by atoms with Crippen molar-refractivity contribution in [3.8, 4) is 0 Å². The van der Waals surface area contributed by atoms with Gasteiger partial charge in [-0.2, -0.15) is 0 Å². The summed E-state index contributed by atoms with van der Waals surface area (Å²) >= 11 is 1.80. The molecule has 0 radical (unpaired) electrons. The Hall–Kier alpha value is -0.760. The number of rotatable bonds is 2. The van der Waals surface area contributed by atoms with Gasteiger partial charge in [0, 0.05) is 15.2 Å². The fourth-order valence-corrected chi connectivity index (χ4v) is 1.95. The molecule has 0 aromatic heterocycles. The van der Waals surface area contributed by atoms with Gasteiger partial charge in [0.2, 0.25) is 0 Å². The normalized spacial score (nSPS) is 11.3. The first-order chi connectivity index (χ1) is 6.01. The van der Waals surface area contributed by atoms with Crippen molar-refractivity contribution in [1.29, 1.82) is 0 Å². The van der Waals surface area contributed by atoms with E-state index in [1.807, 2.05) is 24.3 Å². The van der Waals surface area contributed by atoms with Crippen LogP contribution in [0.1, 0.15) is 31.1 Å². The Morgan fingerprint density at radius 2 is 1.69 bits per heavy atom. The maximum Gasteiger partial charge on any atom is 0.150 e. The van der Waals surface area contributed by atoms with Gasteiger partial charge in [-0.25, -0.2) is 0 Å². The SMILES string of the molecule is CC(C)(C)Sc1ccc(C=O)cc1. The molecule has 0 unspecified atom stereocenters. The molecule has 0 aliphatic rings. The molecule has 0 amide bonds. The average molecular weight is 194 g/mol. The Balaban J connectivity index is 2.75. The minimum atomic E-state index is 0.225. The van der Waals surface area contributed by atoms with E-state index in [9.17, 15) is 4.79 Å². The summed E-state index contributed by atoms with van der Waals surface area (Å²) in [6.45, 7) is 6.52. The van der Waals surface area contributed by atoms with E-state index in [-0.39, 0.29) is 4.75 Å². The van der Waals surface area contributed by atoms with Crippen LogP contribution in [0.2, 0.25) is 0 Å². The third-order valence-electron chi connectivity index (χ3n) is 1.44. The summed E-state index contributed by atoms with van der Waals surface area (Å²) in [6.07, 6.45) is 0.867. The molecule has 70 valence electrons. The highest BCUT2D eigenvalue weighted by Gasteiger charge is 2.11. The molecule has 1 aromatic carbocycles. The highest BCUT2D eigenvalue weighted by molar-refractivity contribution is 8.00. The van der Waals surface area contributed by atoms with E-state index in [2.05, 4.69) is 20.8 Å². The van der Waals surface area contributed by atoms with Crippen LogP contribution in [0, 0.1) is 0 Å². The Bertz CT molecular complexity index is 282. The molecule has 2 heteroatoms. The summed E-state index contributed by atoms with van der Waals surface area (Å²) in [5.74, 6) is 0. The molecular weight excluding hydrogens is 180 g/mol. The Kier molecular flexibility index (Phi) is 3.15. The topological polar surface area (TPSA) is 17.1 Å². The molecular formula is C11H14OS. The quantitative estimate of drug-likeness (QED) is 0.530. The van der Waals surface area contributed by atoms with Gasteiger partial charge >= 0.3 is 0 Å². The van der Waals surface area contributed by atoms with Gasteiger partial charge in [0.15, 0.2) is 0 Å². The average Bonchev–Trinajstić information content (AvgIpc) is 2.03. The molecule has 0 atom stereocenters. The number of aldehydes is 1. The molecule has 0 saturated carbocycles. The van der Waals surface area contributed by atoms with Gasteiger partial charge < -0.3 is 0 Å². The Morgan fingerprint density at radius 1 is 1.15 bits per heavy atom. The molecule has 13 heavy (non-hydrogen) atoms. The second kappa shape index (κ2) is 3.97. The zero-order valence-electron chi connectivity index (χ0n) is 8.20. The molecule has 0 bridgehead atoms. The van der Waals surface area contributed by atoms with Crippen molar-refractivity contribution < 1.29 is 4.79 Å². The molecule has 0 fully saturated rings. The second-order valence-corrected chi connectivity index (χ2v) is 5.80. The molecule has 0 saturated heterocycles. The zero-order chi connectivity index (χ0) is 9.90. The van der Waals surface area contributed by atoms with Crippen LogP contribution < -0.4 is 0 Å². The third kappa shape index (κ3) is 3.64. The van der Waals surface area contributed by atoms with Crippen LogP contribution in [-0.4, -0.2) is 11.0 Å². The smallest absolute Gasteiger partial charge is 0.150 e. The molecule has 0 spiro atoms. The Labute approximate surface area is 83.5 Å². The lowest BCUT2D eigenvalue weighted by molar-refractivity contribution is 0.112. The van der Waals surface area contributed by atoms with Crippen LogP contribution in [0.5, 0.6) is 0 Å². The number of carbonyl (C=O) groups excluding carboxylic acids is 1. The van der Waals surface area contributed by atoms with Crippen molar-refractivity contribution in [3.63, 3.8) is 0 Å². The molecule has 0 aliphatic carbocycles. The van der Waals surface area contributed by atoms with E-state index in [0.29, 0.717) is 0 Å². The molecule has 1 nitrogen and oxygen atoms in total. The van der Waals surface area contributed by atoms with Crippen molar-refractivity contribution >= 4 is 18.0 Å². The maximum absolute atomic E-state index is 10.4. The molecule has 1 rings (SSSR count). The summed E-state index contributed by atoms with van der Waals surface area (Å²) in [4.78, 5) is 11.6. The van der Waals surface area contributed by atoms with Crippen molar-refractivity contribution in [2.24, 2.45) is 0 Å². The van der Waals surface area contributed by atoms with Crippen LogP contribution in [0.15, 0.2) is 29.2 Å². The predicted molar refractivity (Wildman–Crippen MR) is 57.4 cm³/mol. The van der Waals surface area contributed by atoms with Crippen molar-refractivity contribution in [2.75, 3.05) is 0 Å². The fraction of sp³-hybridized carbons (Fsp3) is 0.364. The second-order valence-electron chi connectivity index (χ2n) is 3.90. The highest BCUT2D eigenvalue weighted by atomic mass is 32.2. The van der Waals surface area contributed by atoms with Gasteiger partial charge in [-0.3, -0.25) is 4.79 Å². The molecule has 0 N–H and O–H groups in total. The predicted octanol–water partition coefficient (Wildman–Crippen LogP) is 3.39. The molecule has 0 heterocycles. The van der Waals surface area contributed by atoms with Gasteiger partial charge in [0.1, 0.15) is 6.29 Å². The third-order valence-corrected chi connectivity index (χ3v) is 2.56. The summed E-state index contributed by atoms with van der Waals surface area (Å²) in [6, 6.07) is 7.67. The van der Waals surface area contributed by atoms with E-state index >= 15 is 0 Å². The first kappa shape index (κ1) is 10.3. The van der Waals surface area contributed by atoms with E-state index in [0.717, 1.165) is 11.8 Å². The number of benzene rings is 1. The van der Waals surface area contributed by atoms with Crippen LogP contribution in [0.3, 0.4) is 0 Å². The summed E-state index contributed by atoms with van der Waals surface area (Å²) < 4.78 is 0.225. The summed E-state index contributed by atoms with van der Waals surface area (Å²) in [5.41, 5.74) is 0.734. The number of thioether (sulfide) groups is 1. The van der Waals surface area contributed by atoms with Gasteiger partial charge in [-0.1, -0.05) is 32.9 Å². The number of carbonyl (C=O) groups is 1. The van der Waals surface area contributed by atoms with Crippen LogP contribution in [0.4, 0.5) is 0 Å². The minimum absolute atomic E-state index is 0.225. The minimum Gasteiger partial charge on any atom is -0.298 e. The lowest BCUT2D eigenvalue weighted by atomic mass is 10.2. The van der Waals surface area contributed by atoms with Crippen LogP contribution >= 0.6 is 11.8 Å². The van der Waals surface area contributed by atoms with E-state index in [1.165, 1.54) is 4.90 Å². The first-order valence-electron chi connectivity index (χ1n) is 4.25. The van der Waals surface area contributed by atoms with Gasteiger partial charge in [0.05, 0.1) is 0 Å². The van der Waals surface area contributed by atoms with Gasteiger partial charge in [-0.05, 0) is 12.1 Å². The van der Waals surface area contributed by atoms with Crippen molar-refractivity contribution in [3.05, 3.63) is 29.8 Å². The maximum atomic E-state index is 10.4. The molecule has 0 aliphatic heterocycles. The van der Waals surface area contributed by atoms with Crippen LogP contribution in [-0.2, 0) is 0 Å². The zero-order valence-corrected chi connectivity index (χ0v) is 9.02. The van der Waals surface area contributed by atoms with Crippen molar-refractivity contribution in [1.82, 2.24) is 0 Å². The van der Waals surface area contributed by atoms with E-state index in [4.69, 9.17) is 0 Å². The number of hydrogen-bond acceptors (Lipinski definition) is 2. The highest BCUT2D eigenvalue weighted by Crippen LogP contribution is 2.31. The monoisotopic (exact) mass is 194 g/mol. The lowest BCUT2D eigenvalue weighted by Crippen LogP contribution is -2.06. The first-order valence-corrected chi connectivity index (χ1v) is 5.07. The standard InChI is InChI=1S/C11H14OS/c1-11(2,3)13-10-6-4-9(8-12)5-7-10/h4-8H,1-3H3. The lowest BCUT2D eigenvalue weighted by Gasteiger charge is -2.17. The summed E-state index contributed by atoms with van der Waals surface area (Å²) in [5, 5.41) is 0.